The number of carbonyl (C=O) groups is 2. The van der Waals surface area contributed by atoms with Crippen LogP contribution < -0.4 is 0 Å². The van der Waals surface area contributed by atoms with E-state index in [1.807, 2.05) is 0 Å². The minimum absolute atomic E-state index is 0.137. The summed E-state index contributed by atoms with van der Waals surface area (Å²) in [5.41, 5.74) is -2.29. The van der Waals surface area contributed by atoms with Crippen molar-refractivity contribution in [3.05, 3.63) is 12.2 Å². The molecule has 4 aliphatic rings. The number of hydrogen-bond donors (Lipinski definition) is 1. The van der Waals surface area contributed by atoms with Gasteiger partial charge in [0.25, 0.3) is 0 Å². The van der Waals surface area contributed by atoms with Crippen LogP contribution in [0.25, 0.3) is 0 Å². The molecular formula is C20H28O7. The molecule has 7 nitrogen and oxygen atoms in total. The molecule has 0 aromatic rings. The molecule has 0 radical (unpaired) electrons. The van der Waals surface area contributed by atoms with E-state index in [1.54, 1.807) is 20.8 Å². The van der Waals surface area contributed by atoms with Crippen LogP contribution >= 0.6 is 0 Å². The van der Waals surface area contributed by atoms with Gasteiger partial charge in [0, 0.05) is 5.57 Å². The van der Waals surface area contributed by atoms with Crippen LogP contribution in [0.2, 0.25) is 0 Å². The highest BCUT2D eigenvalue weighted by molar-refractivity contribution is 5.88. The Morgan fingerprint density at radius 1 is 1.37 bits per heavy atom. The van der Waals surface area contributed by atoms with E-state index in [9.17, 15) is 14.7 Å². The number of rotatable bonds is 6. The quantitative estimate of drug-likeness (QED) is 0.553. The first-order chi connectivity index (χ1) is 12.6. The van der Waals surface area contributed by atoms with Gasteiger partial charge in [-0.1, -0.05) is 19.4 Å². The summed E-state index contributed by atoms with van der Waals surface area (Å²) in [6.07, 6.45) is 1.69. The Balaban J connectivity index is 1.62. The van der Waals surface area contributed by atoms with E-state index < -0.39 is 47.0 Å². The van der Waals surface area contributed by atoms with E-state index in [0.29, 0.717) is 12.0 Å². The van der Waals surface area contributed by atoms with E-state index in [-0.39, 0.29) is 12.6 Å². The van der Waals surface area contributed by atoms with Crippen molar-refractivity contribution < 1.29 is 33.6 Å². The van der Waals surface area contributed by atoms with Gasteiger partial charge in [-0.2, -0.15) is 0 Å². The zero-order chi connectivity index (χ0) is 19.6. The highest BCUT2D eigenvalue weighted by Gasteiger charge is 2.79. The maximum absolute atomic E-state index is 13.1. The fraction of sp³-hybridized carbons (Fsp3) is 0.800. The molecule has 1 N–H and O–H groups in total. The summed E-state index contributed by atoms with van der Waals surface area (Å²) in [5.74, 6) is -0.829. The molecule has 3 heterocycles. The van der Waals surface area contributed by atoms with Crippen molar-refractivity contribution in [1.29, 1.82) is 0 Å². The SMILES string of the molecule is C=C(C)C(=O)OC1C2CC3(C4(OCC(C)(C)O)CCCC4)C(=O)OC1C3O2. The molecule has 150 valence electrons. The molecule has 4 rings (SSSR count). The number of ether oxygens (including phenoxy) is 4. The van der Waals surface area contributed by atoms with Gasteiger partial charge in [-0.3, -0.25) is 4.79 Å². The Hall–Kier alpha value is -1.44. The van der Waals surface area contributed by atoms with E-state index in [0.717, 1.165) is 25.7 Å². The smallest absolute Gasteiger partial charge is 0.333 e. The van der Waals surface area contributed by atoms with Gasteiger partial charge in [0.05, 0.1) is 17.8 Å². The standard InChI is InChI=1S/C20H28O7/c1-11(2)16(21)26-13-12-9-20(15(25-12)14(13)27-17(20)22)19(7-5-6-8-19)24-10-18(3,4)23/h12-15,23H,1,5-10H2,2-4H3. The lowest BCUT2D eigenvalue weighted by molar-refractivity contribution is -0.186. The molecule has 4 fully saturated rings. The molecule has 7 heteroatoms. The molecule has 1 aliphatic carbocycles. The average molecular weight is 380 g/mol. The summed E-state index contributed by atoms with van der Waals surface area (Å²) < 4.78 is 23.6. The van der Waals surface area contributed by atoms with E-state index in [2.05, 4.69) is 6.58 Å². The zero-order valence-electron chi connectivity index (χ0n) is 16.2. The van der Waals surface area contributed by atoms with Gasteiger partial charge in [-0.05, 0) is 40.0 Å². The van der Waals surface area contributed by atoms with Crippen molar-refractivity contribution in [2.45, 2.75) is 88.5 Å². The molecule has 2 bridgehead atoms. The fourth-order valence-electron chi connectivity index (χ4n) is 5.26. The minimum atomic E-state index is -0.994. The van der Waals surface area contributed by atoms with Crippen molar-refractivity contribution in [1.82, 2.24) is 0 Å². The highest BCUT2D eigenvalue weighted by Crippen LogP contribution is 2.64. The average Bonchev–Trinajstić information content (AvgIpc) is 3.29. The lowest BCUT2D eigenvalue weighted by Crippen LogP contribution is -2.59. The molecule has 1 saturated carbocycles. The van der Waals surface area contributed by atoms with Crippen LogP contribution in [0.5, 0.6) is 0 Å². The fourth-order valence-corrected chi connectivity index (χ4v) is 5.26. The van der Waals surface area contributed by atoms with E-state index >= 15 is 0 Å². The summed E-state index contributed by atoms with van der Waals surface area (Å²) >= 11 is 0. The highest BCUT2D eigenvalue weighted by atomic mass is 16.7. The van der Waals surface area contributed by atoms with Gasteiger partial charge >= 0.3 is 11.9 Å². The van der Waals surface area contributed by atoms with E-state index in [4.69, 9.17) is 18.9 Å². The summed E-state index contributed by atoms with van der Waals surface area (Å²) in [7, 11) is 0. The number of hydrogen-bond acceptors (Lipinski definition) is 7. The van der Waals surface area contributed by atoms with Crippen molar-refractivity contribution in [3.63, 3.8) is 0 Å². The van der Waals surface area contributed by atoms with Gasteiger partial charge in [0.2, 0.25) is 0 Å². The predicted octanol–water partition coefficient (Wildman–Crippen LogP) is 1.66. The topological polar surface area (TPSA) is 91.3 Å². The Kier molecular flexibility index (Phi) is 4.22. The lowest BCUT2D eigenvalue weighted by Gasteiger charge is -2.45. The first-order valence-electron chi connectivity index (χ1n) is 9.69. The van der Waals surface area contributed by atoms with Crippen molar-refractivity contribution in [2.24, 2.45) is 5.41 Å². The van der Waals surface area contributed by atoms with Gasteiger partial charge in [0.15, 0.2) is 12.2 Å². The first-order valence-corrected chi connectivity index (χ1v) is 9.69. The van der Waals surface area contributed by atoms with Gasteiger partial charge in [-0.25, -0.2) is 4.79 Å². The first kappa shape index (κ1) is 18.9. The number of aliphatic hydroxyl groups is 1. The molecule has 27 heavy (non-hydrogen) atoms. The lowest BCUT2D eigenvalue weighted by atomic mass is 9.62. The molecule has 5 unspecified atom stereocenters. The van der Waals surface area contributed by atoms with Gasteiger partial charge < -0.3 is 24.1 Å². The van der Waals surface area contributed by atoms with E-state index in [1.165, 1.54) is 0 Å². The van der Waals surface area contributed by atoms with Crippen LogP contribution in [-0.4, -0.2) is 59.3 Å². The monoisotopic (exact) mass is 380 g/mol. The van der Waals surface area contributed by atoms with Crippen LogP contribution in [-0.2, 0) is 28.5 Å². The molecule has 3 saturated heterocycles. The van der Waals surface area contributed by atoms with Crippen LogP contribution in [0.4, 0.5) is 0 Å². The van der Waals surface area contributed by atoms with Crippen molar-refractivity contribution in [3.8, 4) is 0 Å². The Bertz CT molecular complexity index is 672. The summed E-state index contributed by atoms with van der Waals surface area (Å²) in [6, 6.07) is 0. The van der Waals surface area contributed by atoms with Gasteiger partial charge in [-0.15, -0.1) is 0 Å². The second-order valence-corrected chi connectivity index (χ2v) is 9.09. The number of esters is 2. The van der Waals surface area contributed by atoms with Crippen LogP contribution in [0.3, 0.4) is 0 Å². The molecule has 0 spiro atoms. The Morgan fingerprint density at radius 2 is 2.04 bits per heavy atom. The third-order valence-corrected chi connectivity index (χ3v) is 6.44. The molecule has 0 aromatic heterocycles. The minimum Gasteiger partial charge on any atom is -0.455 e. The van der Waals surface area contributed by atoms with Crippen molar-refractivity contribution in [2.75, 3.05) is 6.61 Å². The Morgan fingerprint density at radius 3 is 2.63 bits per heavy atom. The number of fused-ring (bicyclic) bond motifs is 1. The second kappa shape index (κ2) is 6.03. The van der Waals surface area contributed by atoms with Crippen LogP contribution in [0, 0.1) is 5.41 Å². The summed E-state index contributed by atoms with van der Waals surface area (Å²) in [5, 5.41) is 10.2. The Labute approximate surface area is 159 Å². The van der Waals surface area contributed by atoms with Crippen LogP contribution in [0.15, 0.2) is 12.2 Å². The molecular weight excluding hydrogens is 352 g/mol. The normalized spacial score (nSPS) is 38.9. The van der Waals surface area contributed by atoms with Crippen molar-refractivity contribution >= 4 is 11.9 Å². The summed E-state index contributed by atoms with van der Waals surface area (Å²) in [6.45, 7) is 8.70. The number of carbonyl (C=O) groups excluding carboxylic acids is 2. The molecule has 0 aromatic carbocycles. The predicted molar refractivity (Wildman–Crippen MR) is 93.7 cm³/mol. The molecule has 0 amide bonds. The third kappa shape index (κ3) is 2.66. The second-order valence-electron chi connectivity index (χ2n) is 9.09. The molecule has 3 aliphatic heterocycles. The molecule has 5 atom stereocenters. The largest absolute Gasteiger partial charge is 0.455 e. The summed E-state index contributed by atoms with van der Waals surface area (Å²) in [4.78, 5) is 25.1. The van der Waals surface area contributed by atoms with Gasteiger partial charge in [0.1, 0.15) is 17.6 Å². The maximum Gasteiger partial charge on any atom is 0.333 e. The van der Waals surface area contributed by atoms with Crippen LogP contribution in [0.1, 0.15) is 52.9 Å². The zero-order valence-corrected chi connectivity index (χ0v) is 16.2. The maximum atomic E-state index is 13.1. The third-order valence-electron chi connectivity index (χ3n) is 6.44.